The molecular weight excluding hydrogens is 402 g/mol. The maximum absolute atomic E-state index is 12.1. The fraction of sp³-hybridized carbons (Fsp3) is 0.481. The van der Waals surface area contributed by atoms with E-state index < -0.39 is 0 Å². The first-order valence-electron chi connectivity index (χ1n) is 11.9. The SMILES string of the molecule is COC(=O)c1ccc(-c2ccc(OCCCCCCCC(=O)N3CCCCC3)cc2)cc1. The van der Waals surface area contributed by atoms with Crippen LogP contribution in [0.15, 0.2) is 48.5 Å². The second kappa shape index (κ2) is 12.9. The third kappa shape index (κ3) is 7.40. The summed E-state index contributed by atoms with van der Waals surface area (Å²) in [6.07, 6.45) is 9.71. The highest BCUT2D eigenvalue weighted by Crippen LogP contribution is 2.23. The smallest absolute Gasteiger partial charge is 0.337 e. The Morgan fingerprint density at radius 3 is 2.03 bits per heavy atom. The van der Waals surface area contributed by atoms with E-state index >= 15 is 0 Å². The van der Waals surface area contributed by atoms with Crippen LogP contribution in [0.4, 0.5) is 0 Å². The Bertz CT molecular complexity index is 839. The highest BCUT2D eigenvalue weighted by atomic mass is 16.5. The monoisotopic (exact) mass is 437 g/mol. The molecule has 0 aliphatic carbocycles. The summed E-state index contributed by atoms with van der Waals surface area (Å²) in [6.45, 7) is 2.62. The number of piperidine rings is 1. The van der Waals surface area contributed by atoms with Crippen LogP contribution in [0.2, 0.25) is 0 Å². The normalized spacial score (nSPS) is 13.6. The minimum Gasteiger partial charge on any atom is -0.494 e. The van der Waals surface area contributed by atoms with Crippen molar-refractivity contribution in [1.82, 2.24) is 4.90 Å². The lowest BCUT2D eigenvalue weighted by Crippen LogP contribution is -2.35. The van der Waals surface area contributed by atoms with E-state index in [-0.39, 0.29) is 5.97 Å². The number of nitrogens with zero attached hydrogens (tertiary/aromatic N) is 1. The van der Waals surface area contributed by atoms with E-state index in [9.17, 15) is 9.59 Å². The molecule has 2 aromatic carbocycles. The van der Waals surface area contributed by atoms with Crippen LogP contribution in [0.25, 0.3) is 11.1 Å². The van der Waals surface area contributed by atoms with Crippen LogP contribution in [-0.4, -0.2) is 43.6 Å². The molecule has 1 aliphatic rings. The van der Waals surface area contributed by atoms with Crippen molar-refractivity contribution in [3.05, 3.63) is 54.1 Å². The van der Waals surface area contributed by atoms with Crippen molar-refractivity contribution in [3.8, 4) is 16.9 Å². The molecule has 5 nitrogen and oxygen atoms in total. The minimum atomic E-state index is -0.328. The van der Waals surface area contributed by atoms with Crippen molar-refractivity contribution in [2.45, 2.75) is 57.8 Å². The lowest BCUT2D eigenvalue weighted by molar-refractivity contribution is -0.132. The largest absolute Gasteiger partial charge is 0.494 e. The van der Waals surface area contributed by atoms with Gasteiger partial charge in [-0.05, 0) is 67.5 Å². The first kappa shape index (κ1) is 23.8. The van der Waals surface area contributed by atoms with E-state index in [2.05, 4.69) is 0 Å². The molecule has 32 heavy (non-hydrogen) atoms. The van der Waals surface area contributed by atoms with Crippen molar-refractivity contribution in [2.24, 2.45) is 0 Å². The number of carbonyl (C=O) groups is 2. The number of hydrogen-bond donors (Lipinski definition) is 0. The molecule has 0 N–H and O–H groups in total. The number of esters is 1. The number of rotatable bonds is 11. The van der Waals surface area contributed by atoms with Gasteiger partial charge in [-0.1, -0.05) is 43.5 Å². The predicted molar refractivity (Wildman–Crippen MR) is 127 cm³/mol. The van der Waals surface area contributed by atoms with Crippen LogP contribution in [0, 0.1) is 0 Å². The number of benzene rings is 2. The van der Waals surface area contributed by atoms with Crippen LogP contribution in [0.5, 0.6) is 5.75 Å². The molecule has 5 heteroatoms. The molecule has 0 unspecified atom stereocenters. The Kier molecular flexibility index (Phi) is 9.60. The van der Waals surface area contributed by atoms with Crippen LogP contribution in [0.1, 0.15) is 68.1 Å². The molecule has 0 atom stereocenters. The number of hydrogen-bond acceptors (Lipinski definition) is 4. The average Bonchev–Trinajstić information content (AvgIpc) is 2.86. The van der Waals surface area contributed by atoms with Crippen molar-refractivity contribution in [2.75, 3.05) is 26.8 Å². The topological polar surface area (TPSA) is 55.8 Å². The number of methoxy groups -OCH3 is 1. The number of unbranched alkanes of at least 4 members (excludes halogenated alkanes) is 4. The quantitative estimate of drug-likeness (QED) is 0.326. The van der Waals surface area contributed by atoms with E-state index in [0.29, 0.717) is 24.5 Å². The first-order valence-corrected chi connectivity index (χ1v) is 11.9. The van der Waals surface area contributed by atoms with E-state index in [1.54, 1.807) is 12.1 Å². The molecule has 0 saturated carbocycles. The van der Waals surface area contributed by atoms with Gasteiger partial charge in [0.05, 0.1) is 19.3 Å². The number of ether oxygens (including phenoxy) is 2. The van der Waals surface area contributed by atoms with Gasteiger partial charge in [0.1, 0.15) is 5.75 Å². The lowest BCUT2D eigenvalue weighted by Gasteiger charge is -2.26. The second-order valence-corrected chi connectivity index (χ2v) is 8.40. The third-order valence-corrected chi connectivity index (χ3v) is 6.01. The fourth-order valence-electron chi connectivity index (χ4n) is 4.06. The van der Waals surface area contributed by atoms with Crippen molar-refractivity contribution >= 4 is 11.9 Å². The van der Waals surface area contributed by atoms with Gasteiger partial charge < -0.3 is 14.4 Å². The maximum atomic E-state index is 12.1. The van der Waals surface area contributed by atoms with Gasteiger partial charge in [0, 0.05) is 19.5 Å². The fourth-order valence-corrected chi connectivity index (χ4v) is 4.06. The first-order chi connectivity index (χ1) is 15.7. The molecule has 0 radical (unpaired) electrons. The summed E-state index contributed by atoms with van der Waals surface area (Å²) in [7, 11) is 1.38. The number of likely N-dealkylation sites (tertiary alicyclic amines) is 1. The summed E-state index contributed by atoms with van der Waals surface area (Å²) in [4.78, 5) is 25.7. The molecule has 3 rings (SSSR count). The molecule has 0 spiro atoms. The molecule has 1 aliphatic heterocycles. The standard InChI is InChI=1S/C27H35NO4/c1-31-27(30)24-13-11-22(12-14-24)23-15-17-25(18-16-23)32-21-9-4-2-3-6-10-26(29)28-19-7-5-8-20-28/h11-18H,2-10,19-21H2,1H3. The molecule has 0 aromatic heterocycles. The molecule has 0 bridgehead atoms. The molecule has 2 aromatic rings. The highest BCUT2D eigenvalue weighted by molar-refractivity contribution is 5.90. The second-order valence-electron chi connectivity index (χ2n) is 8.40. The van der Waals surface area contributed by atoms with Crippen LogP contribution in [-0.2, 0) is 9.53 Å². The zero-order chi connectivity index (χ0) is 22.6. The van der Waals surface area contributed by atoms with Gasteiger partial charge in [-0.3, -0.25) is 4.79 Å². The number of amides is 1. The molecule has 172 valence electrons. The van der Waals surface area contributed by atoms with Gasteiger partial charge in [-0.15, -0.1) is 0 Å². The Balaban J connectivity index is 1.28. The Morgan fingerprint density at radius 2 is 1.38 bits per heavy atom. The molecule has 1 fully saturated rings. The average molecular weight is 438 g/mol. The highest BCUT2D eigenvalue weighted by Gasteiger charge is 2.15. The van der Waals surface area contributed by atoms with Gasteiger partial charge in [0.2, 0.25) is 5.91 Å². The zero-order valence-electron chi connectivity index (χ0n) is 19.2. The van der Waals surface area contributed by atoms with Gasteiger partial charge in [-0.25, -0.2) is 4.79 Å². The molecule has 1 saturated heterocycles. The Morgan fingerprint density at radius 1 is 0.781 bits per heavy atom. The van der Waals surface area contributed by atoms with Crippen LogP contribution >= 0.6 is 0 Å². The van der Waals surface area contributed by atoms with Crippen molar-refractivity contribution in [1.29, 1.82) is 0 Å². The van der Waals surface area contributed by atoms with Crippen LogP contribution < -0.4 is 4.74 Å². The molecular formula is C27H35NO4. The number of carbonyl (C=O) groups excluding carboxylic acids is 2. The van der Waals surface area contributed by atoms with Gasteiger partial charge in [0.15, 0.2) is 0 Å². The summed E-state index contributed by atoms with van der Waals surface area (Å²) in [5, 5.41) is 0. The van der Waals surface area contributed by atoms with E-state index in [1.807, 2.05) is 41.3 Å². The Labute approximate surface area is 191 Å². The van der Waals surface area contributed by atoms with Crippen LogP contribution in [0.3, 0.4) is 0 Å². The maximum Gasteiger partial charge on any atom is 0.337 e. The summed E-state index contributed by atoms with van der Waals surface area (Å²) in [6, 6.07) is 15.4. The molecule has 1 amide bonds. The summed E-state index contributed by atoms with van der Waals surface area (Å²) in [5.41, 5.74) is 2.67. The third-order valence-electron chi connectivity index (χ3n) is 6.01. The van der Waals surface area contributed by atoms with Crippen molar-refractivity contribution in [3.63, 3.8) is 0 Å². The summed E-state index contributed by atoms with van der Waals surface area (Å²) >= 11 is 0. The summed E-state index contributed by atoms with van der Waals surface area (Å²) in [5.74, 6) is 0.884. The van der Waals surface area contributed by atoms with Gasteiger partial charge in [-0.2, -0.15) is 0 Å². The van der Waals surface area contributed by atoms with E-state index in [1.165, 1.54) is 26.4 Å². The van der Waals surface area contributed by atoms with Crippen molar-refractivity contribution < 1.29 is 19.1 Å². The van der Waals surface area contributed by atoms with E-state index in [4.69, 9.17) is 9.47 Å². The van der Waals surface area contributed by atoms with Gasteiger partial charge >= 0.3 is 5.97 Å². The lowest BCUT2D eigenvalue weighted by atomic mass is 10.0. The zero-order valence-corrected chi connectivity index (χ0v) is 19.2. The minimum absolute atomic E-state index is 0.328. The molecule has 1 heterocycles. The summed E-state index contributed by atoms with van der Waals surface area (Å²) < 4.78 is 10.6. The predicted octanol–water partition coefficient (Wildman–Crippen LogP) is 5.87. The Hall–Kier alpha value is -2.82. The van der Waals surface area contributed by atoms with E-state index in [0.717, 1.165) is 62.1 Å². The van der Waals surface area contributed by atoms with Gasteiger partial charge in [0.25, 0.3) is 0 Å².